The molecule has 2 amide bonds. The summed E-state index contributed by atoms with van der Waals surface area (Å²) >= 11 is 3.23. The summed E-state index contributed by atoms with van der Waals surface area (Å²) in [5, 5.41) is 0. The van der Waals surface area contributed by atoms with Gasteiger partial charge in [0.2, 0.25) is 5.91 Å². The lowest BCUT2D eigenvalue weighted by atomic mass is 9.58. The number of hydrogen-bond acceptors (Lipinski definition) is 4. The number of hydrogen-bond donors (Lipinski definition) is 0. The quantitative estimate of drug-likeness (QED) is 0.576. The van der Waals surface area contributed by atoms with Crippen molar-refractivity contribution in [3.8, 4) is 0 Å². The Bertz CT molecular complexity index is 726. The molecule has 8 heteroatoms. The van der Waals surface area contributed by atoms with E-state index in [1.54, 1.807) is 6.07 Å². The number of esters is 1. The van der Waals surface area contributed by atoms with Crippen LogP contribution in [0.2, 0.25) is 0 Å². The lowest BCUT2D eigenvalue weighted by Gasteiger charge is -2.50. The summed E-state index contributed by atoms with van der Waals surface area (Å²) in [5.41, 5.74) is -1.02. The zero-order valence-electron chi connectivity index (χ0n) is 12.1. The van der Waals surface area contributed by atoms with Crippen LogP contribution in [0.5, 0.6) is 0 Å². The second-order valence-electron chi connectivity index (χ2n) is 5.75. The highest BCUT2D eigenvalue weighted by molar-refractivity contribution is 9.10. The molecule has 1 aromatic rings. The number of carbonyl (C=O) groups is 3. The van der Waals surface area contributed by atoms with Gasteiger partial charge in [-0.15, -0.1) is 0 Å². The highest BCUT2D eigenvalue weighted by Gasteiger charge is 2.65. The number of imide groups is 1. The summed E-state index contributed by atoms with van der Waals surface area (Å²) in [7, 11) is 1.12. The maximum absolute atomic E-state index is 13.5. The van der Waals surface area contributed by atoms with Gasteiger partial charge in [-0.3, -0.25) is 19.3 Å². The number of benzene rings is 1. The standard InChI is InChI=1S/C15H12BrF2NO4/c1-23-11(20)5-19-12(21)9-3-2-8(16)4-10(9)14(13(19)22)6-15(17,18)7-14/h2-4H,5-7H2,1H3. The first kappa shape index (κ1) is 16.0. The molecule has 0 N–H and O–H groups in total. The van der Waals surface area contributed by atoms with E-state index in [1.807, 2.05) is 0 Å². The molecule has 1 spiro atoms. The van der Waals surface area contributed by atoms with Crippen LogP contribution in [0.25, 0.3) is 0 Å². The molecule has 3 rings (SSSR count). The minimum absolute atomic E-state index is 0.159. The van der Waals surface area contributed by atoms with E-state index in [9.17, 15) is 23.2 Å². The van der Waals surface area contributed by atoms with Crippen molar-refractivity contribution in [2.75, 3.05) is 13.7 Å². The zero-order chi connectivity index (χ0) is 17.0. The summed E-state index contributed by atoms with van der Waals surface area (Å²) in [4.78, 5) is 37.3. The lowest BCUT2D eigenvalue weighted by Crippen LogP contribution is -2.64. The average molecular weight is 388 g/mol. The van der Waals surface area contributed by atoms with E-state index in [0.29, 0.717) is 9.37 Å². The number of nitrogens with zero attached hydrogens (tertiary/aromatic N) is 1. The van der Waals surface area contributed by atoms with Gasteiger partial charge in [-0.1, -0.05) is 15.9 Å². The molecular weight excluding hydrogens is 376 g/mol. The molecular formula is C15H12BrF2NO4. The predicted molar refractivity (Wildman–Crippen MR) is 78.1 cm³/mol. The Morgan fingerprint density at radius 2 is 2.00 bits per heavy atom. The van der Waals surface area contributed by atoms with Crippen molar-refractivity contribution in [1.82, 2.24) is 4.90 Å². The van der Waals surface area contributed by atoms with Gasteiger partial charge in [0.15, 0.2) is 0 Å². The van der Waals surface area contributed by atoms with E-state index >= 15 is 0 Å². The molecule has 0 unspecified atom stereocenters. The fraction of sp³-hybridized carbons (Fsp3) is 0.400. The number of amides is 2. The van der Waals surface area contributed by atoms with E-state index < -0.39 is 48.5 Å². The number of methoxy groups -OCH3 is 1. The van der Waals surface area contributed by atoms with Crippen LogP contribution in [0.1, 0.15) is 28.8 Å². The number of ether oxygens (including phenoxy) is 1. The minimum Gasteiger partial charge on any atom is -0.468 e. The topological polar surface area (TPSA) is 63.7 Å². The van der Waals surface area contributed by atoms with Crippen LogP contribution >= 0.6 is 15.9 Å². The van der Waals surface area contributed by atoms with E-state index in [4.69, 9.17) is 0 Å². The molecule has 0 bridgehead atoms. The number of halogens is 3. The summed E-state index contributed by atoms with van der Waals surface area (Å²) in [6, 6.07) is 4.58. The summed E-state index contributed by atoms with van der Waals surface area (Å²) in [6.07, 6.45) is -1.35. The van der Waals surface area contributed by atoms with Crippen molar-refractivity contribution in [2.24, 2.45) is 0 Å². The molecule has 0 saturated heterocycles. The third-order valence-electron chi connectivity index (χ3n) is 4.26. The van der Waals surface area contributed by atoms with Gasteiger partial charge < -0.3 is 4.74 Å². The average Bonchev–Trinajstić information content (AvgIpc) is 2.46. The molecule has 1 aliphatic heterocycles. The smallest absolute Gasteiger partial charge is 0.325 e. The highest BCUT2D eigenvalue weighted by Crippen LogP contribution is 2.57. The van der Waals surface area contributed by atoms with Crippen LogP contribution in [0.3, 0.4) is 0 Å². The Balaban J connectivity index is 2.11. The van der Waals surface area contributed by atoms with Gasteiger partial charge >= 0.3 is 5.97 Å². The second kappa shape index (κ2) is 5.09. The monoisotopic (exact) mass is 387 g/mol. The molecule has 5 nitrogen and oxygen atoms in total. The van der Waals surface area contributed by atoms with Crippen molar-refractivity contribution in [3.63, 3.8) is 0 Å². The number of rotatable bonds is 2. The summed E-state index contributed by atoms with van der Waals surface area (Å²) < 4.78 is 32.1. The van der Waals surface area contributed by atoms with Crippen molar-refractivity contribution >= 4 is 33.7 Å². The molecule has 1 heterocycles. The zero-order valence-corrected chi connectivity index (χ0v) is 13.7. The van der Waals surface area contributed by atoms with E-state index in [0.717, 1.165) is 7.11 Å². The van der Waals surface area contributed by atoms with Crippen molar-refractivity contribution in [3.05, 3.63) is 33.8 Å². The Morgan fingerprint density at radius 3 is 2.57 bits per heavy atom. The molecule has 0 radical (unpaired) electrons. The Morgan fingerprint density at radius 1 is 1.35 bits per heavy atom. The maximum atomic E-state index is 13.5. The van der Waals surface area contributed by atoms with Crippen LogP contribution in [-0.4, -0.2) is 42.3 Å². The number of fused-ring (bicyclic) bond motifs is 2. The molecule has 1 aliphatic carbocycles. The normalized spacial score (nSPS) is 21.0. The van der Waals surface area contributed by atoms with Gasteiger partial charge in [-0.25, -0.2) is 8.78 Å². The molecule has 1 saturated carbocycles. The van der Waals surface area contributed by atoms with Gasteiger partial charge in [0.05, 0.1) is 12.5 Å². The third-order valence-corrected chi connectivity index (χ3v) is 4.76. The van der Waals surface area contributed by atoms with Gasteiger partial charge in [0.25, 0.3) is 11.8 Å². The van der Waals surface area contributed by atoms with Gasteiger partial charge in [0, 0.05) is 22.9 Å². The van der Waals surface area contributed by atoms with Gasteiger partial charge in [-0.05, 0) is 23.8 Å². The summed E-state index contributed by atoms with van der Waals surface area (Å²) in [5.74, 6) is -5.20. The van der Waals surface area contributed by atoms with Crippen molar-refractivity contribution in [2.45, 2.75) is 24.2 Å². The Kier molecular flexibility index (Phi) is 3.55. The molecule has 1 fully saturated rings. The van der Waals surface area contributed by atoms with Crippen LogP contribution in [0, 0.1) is 0 Å². The van der Waals surface area contributed by atoms with Gasteiger partial charge in [-0.2, -0.15) is 0 Å². The second-order valence-corrected chi connectivity index (χ2v) is 6.67. The fourth-order valence-electron chi connectivity index (χ4n) is 3.22. The molecule has 2 aliphatic rings. The van der Waals surface area contributed by atoms with Crippen LogP contribution in [0.4, 0.5) is 8.78 Å². The number of alkyl halides is 2. The van der Waals surface area contributed by atoms with Crippen LogP contribution in [-0.2, 0) is 19.7 Å². The van der Waals surface area contributed by atoms with Crippen molar-refractivity contribution in [1.29, 1.82) is 0 Å². The first-order valence-electron chi connectivity index (χ1n) is 6.81. The van der Waals surface area contributed by atoms with Gasteiger partial charge in [0.1, 0.15) is 6.54 Å². The molecule has 1 aromatic carbocycles. The van der Waals surface area contributed by atoms with Crippen molar-refractivity contribution < 1.29 is 27.9 Å². The van der Waals surface area contributed by atoms with E-state index in [2.05, 4.69) is 20.7 Å². The summed E-state index contributed by atoms with van der Waals surface area (Å²) in [6.45, 7) is -0.586. The first-order chi connectivity index (χ1) is 10.7. The van der Waals surface area contributed by atoms with Crippen LogP contribution < -0.4 is 0 Å². The SMILES string of the molecule is COC(=O)CN1C(=O)c2ccc(Br)cc2C2(CC(F)(F)C2)C1=O. The lowest BCUT2D eigenvalue weighted by molar-refractivity contribution is -0.169. The highest BCUT2D eigenvalue weighted by atomic mass is 79.9. The largest absolute Gasteiger partial charge is 0.468 e. The molecule has 23 heavy (non-hydrogen) atoms. The van der Waals surface area contributed by atoms with E-state index in [-0.39, 0.29) is 11.1 Å². The molecule has 0 atom stereocenters. The third kappa shape index (κ3) is 2.36. The number of carbonyl (C=O) groups excluding carboxylic acids is 3. The van der Waals surface area contributed by atoms with Crippen LogP contribution in [0.15, 0.2) is 22.7 Å². The minimum atomic E-state index is -2.97. The molecule has 0 aromatic heterocycles. The predicted octanol–water partition coefficient (Wildman–Crippen LogP) is 2.27. The molecule has 122 valence electrons. The Hall–Kier alpha value is -1.83. The van der Waals surface area contributed by atoms with E-state index in [1.165, 1.54) is 12.1 Å². The fourth-order valence-corrected chi connectivity index (χ4v) is 3.58. The Labute approximate surface area is 138 Å². The maximum Gasteiger partial charge on any atom is 0.325 e. The first-order valence-corrected chi connectivity index (χ1v) is 7.60.